The average molecular weight is 361 g/mol. The fourth-order valence-corrected chi connectivity index (χ4v) is 3.70. The number of amides is 1. The molecule has 128 valence electrons. The molecule has 9 heteroatoms. The summed E-state index contributed by atoms with van der Waals surface area (Å²) in [5.74, 6) is -0.0328. The predicted molar refractivity (Wildman–Crippen MR) is 91.1 cm³/mol. The highest BCUT2D eigenvalue weighted by atomic mass is 35.5. The number of nitrogens with zero attached hydrogens (tertiary/aromatic N) is 2. The number of halogens is 1. The average Bonchev–Trinajstić information content (AvgIpc) is 2.53. The Balaban J connectivity index is 0.00000192. The minimum Gasteiger partial charge on any atom is -0.385 e. The Morgan fingerprint density at radius 2 is 1.87 bits per heavy atom. The van der Waals surface area contributed by atoms with Crippen LogP contribution in [0.5, 0.6) is 0 Å². The minimum absolute atomic E-state index is 0. The maximum Gasteiger partial charge on any atom is 0.277 e. The second kappa shape index (κ2) is 7.04. The Hall–Kier alpha value is -1.35. The van der Waals surface area contributed by atoms with E-state index in [1.165, 1.54) is 4.31 Å². The summed E-state index contributed by atoms with van der Waals surface area (Å²) in [4.78, 5) is 14.4. The first-order valence-corrected chi connectivity index (χ1v) is 8.90. The van der Waals surface area contributed by atoms with E-state index < -0.39 is 10.2 Å². The lowest BCUT2D eigenvalue weighted by Gasteiger charge is -2.33. The van der Waals surface area contributed by atoms with Crippen molar-refractivity contribution in [2.75, 3.05) is 38.0 Å². The Morgan fingerprint density at radius 1 is 1.17 bits per heavy atom. The van der Waals surface area contributed by atoms with Crippen LogP contribution in [0.2, 0.25) is 0 Å². The molecule has 0 aliphatic carbocycles. The van der Waals surface area contributed by atoms with E-state index >= 15 is 0 Å². The summed E-state index contributed by atoms with van der Waals surface area (Å²) < 4.78 is 23.8. The maximum atomic E-state index is 12.7. The second-order valence-corrected chi connectivity index (χ2v) is 7.14. The number of carbonyl (C=O) groups is 1. The number of nitrogens with one attached hydrogen (secondary N) is 1. The monoisotopic (exact) mass is 360 g/mol. The van der Waals surface area contributed by atoms with E-state index in [4.69, 9.17) is 5.14 Å². The zero-order chi connectivity index (χ0) is 15.7. The molecule has 2 heterocycles. The van der Waals surface area contributed by atoms with Gasteiger partial charge in [0.05, 0.1) is 0 Å². The molecular weight excluding hydrogens is 340 g/mol. The molecule has 7 nitrogen and oxygen atoms in total. The number of fused-ring (bicyclic) bond motifs is 1. The highest BCUT2D eigenvalue weighted by Gasteiger charge is 2.28. The van der Waals surface area contributed by atoms with Crippen LogP contribution in [0.15, 0.2) is 18.2 Å². The Bertz CT molecular complexity index is 687. The van der Waals surface area contributed by atoms with Gasteiger partial charge >= 0.3 is 0 Å². The molecule has 23 heavy (non-hydrogen) atoms. The highest BCUT2D eigenvalue weighted by Crippen LogP contribution is 2.26. The summed E-state index contributed by atoms with van der Waals surface area (Å²) in [5, 5.41) is 8.43. The molecule has 0 radical (unpaired) electrons. The number of hydrogen-bond donors (Lipinski definition) is 2. The van der Waals surface area contributed by atoms with Crippen molar-refractivity contribution in [3.05, 3.63) is 29.3 Å². The molecule has 0 unspecified atom stereocenters. The number of hydrogen-bond acceptors (Lipinski definition) is 4. The van der Waals surface area contributed by atoms with Gasteiger partial charge in [-0.25, -0.2) is 5.14 Å². The molecule has 1 aromatic carbocycles. The van der Waals surface area contributed by atoms with Gasteiger partial charge in [-0.05, 0) is 30.5 Å². The third-order valence-corrected chi connectivity index (χ3v) is 5.30. The number of rotatable bonds is 2. The molecule has 1 aromatic rings. The lowest BCUT2D eigenvalue weighted by Crippen LogP contribution is -2.52. The van der Waals surface area contributed by atoms with E-state index in [1.54, 1.807) is 4.90 Å². The van der Waals surface area contributed by atoms with Crippen LogP contribution in [0, 0.1) is 0 Å². The minimum atomic E-state index is -3.67. The van der Waals surface area contributed by atoms with Gasteiger partial charge in [0.15, 0.2) is 0 Å². The topological polar surface area (TPSA) is 95.7 Å². The summed E-state index contributed by atoms with van der Waals surface area (Å²) in [6, 6.07) is 5.72. The van der Waals surface area contributed by atoms with Crippen LogP contribution in [0.3, 0.4) is 0 Å². The number of benzene rings is 1. The largest absolute Gasteiger partial charge is 0.385 e. The van der Waals surface area contributed by atoms with Crippen molar-refractivity contribution in [2.45, 2.75) is 12.8 Å². The Morgan fingerprint density at radius 3 is 2.52 bits per heavy atom. The molecule has 2 aliphatic heterocycles. The van der Waals surface area contributed by atoms with Crippen LogP contribution in [-0.2, 0) is 16.6 Å². The number of nitrogens with two attached hydrogens (primary N) is 1. The maximum absolute atomic E-state index is 12.7. The molecule has 0 atom stereocenters. The summed E-state index contributed by atoms with van der Waals surface area (Å²) in [6.45, 7) is 2.16. The normalized spacial score (nSPS) is 18.6. The van der Waals surface area contributed by atoms with Gasteiger partial charge < -0.3 is 10.2 Å². The van der Waals surface area contributed by atoms with Crippen LogP contribution in [0.25, 0.3) is 0 Å². The fourth-order valence-electron chi connectivity index (χ4n) is 3.03. The second-order valence-electron chi connectivity index (χ2n) is 5.60. The number of piperazine rings is 1. The van der Waals surface area contributed by atoms with Crippen molar-refractivity contribution in [1.29, 1.82) is 0 Å². The van der Waals surface area contributed by atoms with E-state index in [9.17, 15) is 13.2 Å². The summed E-state index contributed by atoms with van der Waals surface area (Å²) in [5.41, 5.74) is 2.81. The zero-order valence-corrected chi connectivity index (χ0v) is 14.3. The van der Waals surface area contributed by atoms with Gasteiger partial charge in [0.25, 0.3) is 16.1 Å². The quantitative estimate of drug-likeness (QED) is 0.799. The molecule has 3 N–H and O–H groups in total. The molecule has 1 saturated heterocycles. The lowest BCUT2D eigenvalue weighted by molar-refractivity contribution is 0.0696. The SMILES string of the molecule is Cl.NS(=O)(=O)N1CCN(C(=O)c2cccc3c2CCCN3)CC1. The van der Waals surface area contributed by atoms with E-state index in [0.717, 1.165) is 30.6 Å². The van der Waals surface area contributed by atoms with Crippen LogP contribution in [0.4, 0.5) is 5.69 Å². The molecule has 0 aromatic heterocycles. The summed E-state index contributed by atoms with van der Waals surface area (Å²) >= 11 is 0. The van der Waals surface area contributed by atoms with Crippen LogP contribution < -0.4 is 10.5 Å². The van der Waals surface area contributed by atoms with E-state index in [0.29, 0.717) is 18.7 Å². The fraction of sp³-hybridized carbons (Fsp3) is 0.500. The van der Waals surface area contributed by atoms with Crippen LogP contribution in [-0.4, -0.2) is 56.3 Å². The van der Waals surface area contributed by atoms with Crippen molar-refractivity contribution in [3.63, 3.8) is 0 Å². The number of carbonyl (C=O) groups excluding carboxylic acids is 1. The molecular formula is C14H21ClN4O3S. The van der Waals surface area contributed by atoms with Crippen molar-refractivity contribution >= 4 is 34.2 Å². The van der Waals surface area contributed by atoms with Gasteiger partial charge in [-0.2, -0.15) is 12.7 Å². The molecule has 1 fully saturated rings. The predicted octanol–water partition coefficient (Wildman–Crippen LogP) is 0.428. The zero-order valence-electron chi connectivity index (χ0n) is 12.7. The summed E-state index contributed by atoms with van der Waals surface area (Å²) in [7, 11) is -3.67. The van der Waals surface area contributed by atoms with E-state index in [-0.39, 0.29) is 31.4 Å². The van der Waals surface area contributed by atoms with Crippen LogP contribution >= 0.6 is 12.4 Å². The van der Waals surface area contributed by atoms with Crippen molar-refractivity contribution in [3.8, 4) is 0 Å². The van der Waals surface area contributed by atoms with Crippen LogP contribution in [0.1, 0.15) is 22.3 Å². The van der Waals surface area contributed by atoms with Crippen molar-refractivity contribution < 1.29 is 13.2 Å². The van der Waals surface area contributed by atoms with Crippen molar-refractivity contribution in [2.24, 2.45) is 5.14 Å². The van der Waals surface area contributed by atoms with Gasteiger partial charge in [0.1, 0.15) is 0 Å². The molecule has 2 aliphatic rings. The molecule has 0 saturated carbocycles. The van der Waals surface area contributed by atoms with Gasteiger partial charge in [-0.15, -0.1) is 12.4 Å². The molecule has 0 spiro atoms. The third-order valence-electron chi connectivity index (χ3n) is 4.21. The first-order valence-electron chi connectivity index (χ1n) is 7.40. The standard InChI is InChI=1S/C14H20N4O3S.ClH/c15-22(20,21)18-9-7-17(8-10-18)14(19)12-3-1-5-13-11(12)4-2-6-16-13;/h1,3,5,16H,2,4,6-10H2,(H2,15,20,21);1H. The summed E-state index contributed by atoms with van der Waals surface area (Å²) in [6.07, 6.45) is 1.90. The van der Waals surface area contributed by atoms with Crippen molar-refractivity contribution in [1.82, 2.24) is 9.21 Å². The smallest absolute Gasteiger partial charge is 0.277 e. The first kappa shape index (κ1) is 18.0. The van der Waals surface area contributed by atoms with Gasteiger partial charge in [-0.1, -0.05) is 6.07 Å². The highest BCUT2D eigenvalue weighted by molar-refractivity contribution is 7.86. The molecule has 0 bridgehead atoms. The Labute approximate surface area is 142 Å². The van der Waals surface area contributed by atoms with Gasteiger partial charge in [0.2, 0.25) is 0 Å². The lowest BCUT2D eigenvalue weighted by atomic mass is 9.96. The van der Waals surface area contributed by atoms with Gasteiger partial charge in [0, 0.05) is 44.0 Å². The van der Waals surface area contributed by atoms with E-state index in [2.05, 4.69) is 5.32 Å². The third kappa shape index (κ3) is 3.77. The molecule has 1 amide bonds. The first-order chi connectivity index (χ1) is 10.5. The van der Waals surface area contributed by atoms with E-state index in [1.807, 2.05) is 18.2 Å². The Kier molecular flexibility index (Phi) is 5.51. The molecule has 3 rings (SSSR count). The van der Waals surface area contributed by atoms with Gasteiger partial charge in [-0.3, -0.25) is 4.79 Å². The number of anilines is 1.